The van der Waals surface area contributed by atoms with Crippen molar-refractivity contribution >= 4 is 0 Å². The Morgan fingerprint density at radius 1 is 1.53 bits per heavy atom. The van der Waals surface area contributed by atoms with E-state index >= 15 is 0 Å². The summed E-state index contributed by atoms with van der Waals surface area (Å²) in [5, 5.41) is 15.4. The van der Waals surface area contributed by atoms with Crippen LogP contribution in [0.15, 0.2) is 24.5 Å². The minimum Gasteiger partial charge on any atom is -0.484 e. The van der Waals surface area contributed by atoms with Crippen LogP contribution in [0.25, 0.3) is 0 Å². The second-order valence-electron chi connectivity index (χ2n) is 3.66. The number of nitrogens with zero attached hydrogens (tertiary/aromatic N) is 3. The van der Waals surface area contributed by atoms with Gasteiger partial charge in [-0.1, -0.05) is 0 Å². The summed E-state index contributed by atoms with van der Waals surface area (Å²) in [4.78, 5) is 4.14. The maximum Gasteiger partial charge on any atom is 0.142 e. The number of nitriles is 1. The quantitative estimate of drug-likeness (QED) is 0.873. The number of hydrogen-bond donors (Lipinski definition) is 1. The van der Waals surface area contributed by atoms with Gasteiger partial charge in [-0.2, -0.15) is 10.4 Å². The molecule has 86 valence electrons. The highest BCUT2D eigenvalue weighted by Crippen LogP contribution is 2.24. The summed E-state index contributed by atoms with van der Waals surface area (Å²) >= 11 is 0. The molecule has 0 aliphatic carbocycles. The zero-order valence-electron chi connectivity index (χ0n) is 9.64. The van der Waals surface area contributed by atoms with Crippen LogP contribution in [0, 0.1) is 18.3 Å². The number of aromatic amines is 1. The fraction of sp³-hybridized carbons (Fsp3) is 0.250. The van der Waals surface area contributed by atoms with Crippen LogP contribution < -0.4 is 4.74 Å². The first-order valence-corrected chi connectivity index (χ1v) is 5.24. The molecule has 2 rings (SSSR count). The monoisotopic (exact) mass is 228 g/mol. The van der Waals surface area contributed by atoms with E-state index in [1.165, 1.54) is 0 Å². The van der Waals surface area contributed by atoms with Gasteiger partial charge in [0.15, 0.2) is 0 Å². The van der Waals surface area contributed by atoms with Crippen molar-refractivity contribution in [3.8, 4) is 11.8 Å². The molecule has 5 nitrogen and oxygen atoms in total. The molecule has 1 unspecified atom stereocenters. The normalized spacial score (nSPS) is 11.8. The summed E-state index contributed by atoms with van der Waals surface area (Å²) < 4.78 is 5.76. The Morgan fingerprint density at radius 2 is 2.35 bits per heavy atom. The predicted molar refractivity (Wildman–Crippen MR) is 61.3 cm³/mol. The number of ether oxygens (including phenoxy) is 1. The molecule has 0 aliphatic rings. The lowest BCUT2D eigenvalue weighted by molar-refractivity contribution is 0.224. The third-order valence-corrected chi connectivity index (χ3v) is 2.48. The van der Waals surface area contributed by atoms with E-state index < -0.39 is 0 Å². The van der Waals surface area contributed by atoms with Gasteiger partial charge in [-0.05, 0) is 26.0 Å². The van der Waals surface area contributed by atoms with Crippen LogP contribution in [0.4, 0.5) is 0 Å². The highest BCUT2D eigenvalue weighted by molar-refractivity contribution is 5.32. The number of H-pyrrole nitrogens is 1. The van der Waals surface area contributed by atoms with Crippen LogP contribution >= 0.6 is 0 Å². The first kappa shape index (κ1) is 11.1. The first-order chi connectivity index (χ1) is 8.22. The van der Waals surface area contributed by atoms with E-state index in [-0.39, 0.29) is 6.10 Å². The molecule has 2 heterocycles. The average molecular weight is 228 g/mol. The van der Waals surface area contributed by atoms with E-state index in [1.807, 2.05) is 32.0 Å². The van der Waals surface area contributed by atoms with E-state index in [1.54, 1.807) is 12.4 Å². The van der Waals surface area contributed by atoms with Gasteiger partial charge in [-0.15, -0.1) is 0 Å². The van der Waals surface area contributed by atoms with Crippen molar-refractivity contribution in [3.63, 3.8) is 0 Å². The van der Waals surface area contributed by atoms with Gasteiger partial charge in [0.25, 0.3) is 0 Å². The number of aromatic nitrogens is 3. The molecule has 2 aromatic heterocycles. The lowest BCUT2D eigenvalue weighted by atomic mass is 10.1. The van der Waals surface area contributed by atoms with Crippen LogP contribution in [-0.4, -0.2) is 15.2 Å². The molecule has 0 amide bonds. The lowest BCUT2D eigenvalue weighted by Gasteiger charge is -2.14. The van der Waals surface area contributed by atoms with Crippen molar-refractivity contribution in [2.24, 2.45) is 0 Å². The van der Waals surface area contributed by atoms with Gasteiger partial charge < -0.3 is 4.74 Å². The number of hydrogen-bond acceptors (Lipinski definition) is 4. The zero-order chi connectivity index (χ0) is 12.3. The first-order valence-electron chi connectivity index (χ1n) is 5.24. The van der Waals surface area contributed by atoms with Crippen molar-refractivity contribution in [2.45, 2.75) is 20.0 Å². The molecule has 0 saturated carbocycles. The highest BCUT2D eigenvalue weighted by Gasteiger charge is 2.15. The molecule has 0 aliphatic heterocycles. The minimum absolute atomic E-state index is 0.244. The second-order valence-corrected chi connectivity index (χ2v) is 3.66. The topological polar surface area (TPSA) is 74.6 Å². The molecule has 0 bridgehead atoms. The number of nitrogens with one attached hydrogen (secondary N) is 1. The standard InChI is InChI=1S/C12H12N4O/c1-8-12(4-3-5-14-8)17-9(2)10-7-15-16-11(10)6-13/h3-5,7,9H,1-2H3,(H,15,16). The van der Waals surface area contributed by atoms with Crippen LogP contribution in [-0.2, 0) is 0 Å². The molecule has 0 saturated heterocycles. The van der Waals surface area contributed by atoms with Crippen LogP contribution in [0.2, 0.25) is 0 Å². The van der Waals surface area contributed by atoms with E-state index in [4.69, 9.17) is 10.00 Å². The van der Waals surface area contributed by atoms with Crippen molar-refractivity contribution in [1.29, 1.82) is 5.26 Å². The molecular formula is C12H12N4O. The Morgan fingerprint density at radius 3 is 3.06 bits per heavy atom. The van der Waals surface area contributed by atoms with Gasteiger partial charge in [-0.3, -0.25) is 10.1 Å². The van der Waals surface area contributed by atoms with E-state index in [2.05, 4.69) is 15.2 Å². The summed E-state index contributed by atoms with van der Waals surface area (Å²) in [5.41, 5.74) is 2.00. The van der Waals surface area contributed by atoms with Crippen molar-refractivity contribution < 1.29 is 4.74 Å². The fourth-order valence-corrected chi connectivity index (χ4v) is 1.54. The molecule has 0 spiro atoms. The van der Waals surface area contributed by atoms with Crippen molar-refractivity contribution in [2.75, 3.05) is 0 Å². The van der Waals surface area contributed by atoms with E-state index in [9.17, 15) is 0 Å². The Kier molecular flexibility index (Phi) is 3.06. The predicted octanol–water partition coefficient (Wildman–Crippen LogP) is 2.12. The van der Waals surface area contributed by atoms with Crippen LogP contribution in [0.3, 0.4) is 0 Å². The smallest absolute Gasteiger partial charge is 0.142 e. The molecular weight excluding hydrogens is 216 g/mol. The highest BCUT2D eigenvalue weighted by atomic mass is 16.5. The molecule has 2 aromatic rings. The Balaban J connectivity index is 2.21. The van der Waals surface area contributed by atoms with Gasteiger partial charge in [0.05, 0.1) is 11.9 Å². The minimum atomic E-state index is -0.244. The summed E-state index contributed by atoms with van der Waals surface area (Å²) in [6.45, 7) is 3.75. The third-order valence-electron chi connectivity index (χ3n) is 2.48. The van der Waals surface area contributed by atoms with Crippen LogP contribution in [0.5, 0.6) is 5.75 Å². The molecule has 1 atom stereocenters. The maximum atomic E-state index is 8.89. The Labute approximate surface area is 99.1 Å². The number of rotatable bonds is 3. The lowest BCUT2D eigenvalue weighted by Crippen LogP contribution is -2.05. The van der Waals surface area contributed by atoms with Gasteiger partial charge in [0.1, 0.15) is 23.6 Å². The number of aryl methyl sites for hydroxylation is 1. The van der Waals surface area contributed by atoms with Crippen molar-refractivity contribution in [3.05, 3.63) is 41.5 Å². The number of pyridine rings is 1. The molecule has 0 fully saturated rings. The average Bonchev–Trinajstić information content (AvgIpc) is 2.80. The maximum absolute atomic E-state index is 8.89. The largest absolute Gasteiger partial charge is 0.484 e. The van der Waals surface area contributed by atoms with Gasteiger partial charge in [0, 0.05) is 11.8 Å². The summed E-state index contributed by atoms with van der Waals surface area (Å²) in [5.74, 6) is 0.713. The third kappa shape index (κ3) is 2.26. The fourth-order valence-electron chi connectivity index (χ4n) is 1.54. The van der Waals surface area contributed by atoms with Gasteiger partial charge >= 0.3 is 0 Å². The summed E-state index contributed by atoms with van der Waals surface area (Å²) in [6, 6.07) is 5.71. The summed E-state index contributed by atoms with van der Waals surface area (Å²) in [6.07, 6.45) is 3.08. The Bertz CT molecular complexity index is 556. The summed E-state index contributed by atoms with van der Waals surface area (Å²) in [7, 11) is 0. The molecule has 0 radical (unpaired) electrons. The SMILES string of the molecule is Cc1ncccc1OC(C)c1cn[nH]c1C#N. The van der Waals surface area contributed by atoms with Crippen molar-refractivity contribution in [1.82, 2.24) is 15.2 Å². The molecule has 0 aromatic carbocycles. The van der Waals surface area contributed by atoms with Crippen LogP contribution in [0.1, 0.15) is 30.0 Å². The molecule has 1 N–H and O–H groups in total. The zero-order valence-corrected chi connectivity index (χ0v) is 9.64. The molecule has 17 heavy (non-hydrogen) atoms. The van der Waals surface area contributed by atoms with Gasteiger partial charge in [-0.25, -0.2) is 0 Å². The van der Waals surface area contributed by atoms with E-state index in [0.717, 1.165) is 11.3 Å². The Hall–Kier alpha value is -2.35. The van der Waals surface area contributed by atoms with E-state index in [0.29, 0.717) is 11.4 Å². The van der Waals surface area contributed by atoms with Gasteiger partial charge in [0.2, 0.25) is 0 Å². The molecule has 5 heteroatoms. The second kappa shape index (κ2) is 4.66.